The first-order valence-electron chi connectivity index (χ1n) is 9.70. The zero-order valence-electron chi connectivity index (χ0n) is 16.8. The van der Waals surface area contributed by atoms with Gasteiger partial charge in [-0.15, -0.1) is 0 Å². The first-order valence-corrected chi connectivity index (χ1v) is 9.70. The first kappa shape index (κ1) is 19.7. The number of carbonyl (C=O) groups is 1. The molecular weight excluding hydrogens is 343 g/mol. The van der Waals surface area contributed by atoms with Crippen molar-refractivity contribution in [3.05, 3.63) is 34.9 Å². The number of benzene rings is 1. The summed E-state index contributed by atoms with van der Waals surface area (Å²) >= 11 is 0. The van der Waals surface area contributed by atoms with E-state index in [1.807, 2.05) is 20.8 Å². The molecule has 6 heteroatoms. The van der Waals surface area contributed by atoms with Gasteiger partial charge in [-0.25, -0.2) is 14.4 Å². The van der Waals surface area contributed by atoms with E-state index in [9.17, 15) is 9.18 Å². The minimum absolute atomic E-state index is 0.0344. The number of nitrogens with zero attached hydrogens (tertiary/aromatic N) is 3. The van der Waals surface area contributed by atoms with Crippen LogP contribution in [0.2, 0.25) is 0 Å². The molecule has 1 N–H and O–H groups in total. The molecule has 5 nitrogen and oxygen atoms in total. The molecule has 0 aliphatic carbocycles. The molecule has 3 rings (SSSR count). The molecule has 3 atom stereocenters. The van der Waals surface area contributed by atoms with E-state index in [-0.39, 0.29) is 17.5 Å². The summed E-state index contributed by atoms with van der Waals surface area (Å²) in [5.74, 6) is 0.565. The molecule has 27 heavy (non-hydrogen) atoms. The number of halogens is 1. The third kappa shape index (κ3) is 4.61. The van der Waals surface area contributed by atoms with Gasteiger partial charge in [0.05, 0.1) is 22.5 Å². The van der Waals surface area contributed by atoms with Crippen molar-refractivity contribution < 1.29 is 9.18 Å². The molecule has 1 amide bonds. The zero-order valence-corrected chi connectivity index (χ0v) is 16.8. The smallest absolute Gasteiger partial charge is 0.253 e. The lowest BCUT2D eigenvalue weighted by Gasteiger charge is -2.36. The maximum Gasteiger partial charge on any atom is 0.253 e. The van der Waals surface area contributed by atoms with Gasteiger partial charge in [-0.05, 0) is 45.1 Å². The van der Waals surface area contributed by atoms with Crippen LogP contribution >= 0.6 is 0 Å². The van der Waals surface area contributed by atoms with Crippen molar-refractivity contribution >= 4 is 16.9 Å². The Morgan fingerprint density at radius 1 is 1.22 bits per heavy atom. The van der Waals surface area contributed by atoms with Gasteiger partial charge in [-0.3, -0.25) is 4.79 Å². The van der Waals surface area contributed by atoms with Gasteiger partial charge in [0.25, 0.3) is 5.91 Å². The monoisotopic (exact) mass is 372 g/mol. The molecule has 1 fully saturated rings. The van der Waals surface area contributed by atoms with Crippen LogP contribution in [0, 0.1) is 31.5 Å². The van der Waals surface area contributed by atoms with E-state index in [0.717, 1.165) is 31.0 Å². The highest BCUT2D eigenvalue weighted by molar-refractivity contribution is 6.04. The SMILES string of the molecule is Cc1nc2cc(F)cc(C(=O)NC(C)CN3CC(C)CC(C)C3)c2nc1C. The van der Waals surface area contributed by atoms with E-state index < -0.39 is 5.82 Å². The average Bonchev–Trinajstić information content (AvgIpc) is 2.54. The Labute approximate surface area is 160 Å². The molecular formula is C21H29FN4O. The van der Waals surface area contributed by atoms with Crippen LogP contribution < -0.4 is 5.32 Å². The molecule has 1 aromatic heterocycles. The van der Waals surface area contributed by atoms with E-state index >= 15 is 0 Å². The maximum absolute atomic E-state index is 14.0. The highest BCUT2D eigenvalue weighted by atomic mass is 19.1. The Bertz CT molecular complexity index is 844. The number of nitrogens with one attached hydrogen (secondary N) is 1. The number of aryl methyl sites for hydroxylation is 2. The molecule has 0 saturated carbocycles. The Morgan fingerprint density at radius 2 is 1.85 bits per heavy atom. The fraction of sp³-hybridized carbons (Fsp3) is 0.571. The summed E-state index contributed by atoms with van der Waals surface area (Å²) < 4.78 is 14.0. The van der Waals surface area contributed by atoms with Crippen LogP contribution in [0.25, 0.3) is 11.0 Å². The molecule has 1 aromatic carbocycles. The van der Waals surface area contributed by atoms with Crippen molar-refractivity contribution in [2.24, 2.45) is 11.8 Å². The molecule has 1 aliphatic heterocycles. The van der Waals surface area contributed by atoms with E-state index in [0.29, 0.717) is 22.9 Å². The lowest BCUT2D eigenvalue weighted by molar-refractivity contribution is 0.0906. The minimum Gasteiger partial charge on any atom is -0.348 e. The van der Waals surface area contributed by atoms with Crippen molar-refractivity contribution in [3.8, 4) is 0 Å². The number of fused-ring (bicyclic) bond motifs is 1. The number of hydrogen-bond acceptors (Lipinski definition) is 4. The summed E-state index contributed by atoms with van der Waals surface area (Å²) in [4.78, 5) is 24.1. The van der Waals surface area contributed by atoms with Crippen molar-refractivity contribution in [1.82, 2.24) is 20.2 Å². The van der Waals surface area contributed by atoms with Crippen LogP contribution in [0.1, 0.15) is 48.9 Å². The number of rotatable bonds is 4. The number of carbonyl (C=O) groups excluding carboxylic acids is 1. The van der Waals surface area contributed by atoms with E-state index in [2.05, 4.69) is 34.0 Å². The van der Waals surface area contributed by atoms with Gasteiger partial charge in [0.1, 0.15) is 11.3 Å². The van der Waals surface area contributed by atoms with Crippen molar-refractivity contribution in [1.29, 1.82) is 0 Å². The number of aromatic nitrogens is 2. The van der Waals surface area contributed by atoms with Crippen LogP contribution in [-0.2, 0) is 0 Å². The van der Waals surface area contributed by atoms with Gasteiger partial charge in [0, 0.05) is 31.7 Å². The van der Waals surface area contributed by atoms with Gasteiger partial charge < -0.3 is 10.2 Å². The van der Waals surface area contributed by atoms with Crippen LogP contribution in [-0.4, -0.2) is 46.5 Å². The molecule has 2 aromatic rings. The van der Waals surface area contributed by atoms with E-state index in [1.54, 1.807) is 0 Å². The second-order valence-electron chi connectivity index (χ2n) is 8.25. The minimum atomic E-state index is -0.475. The van der Waals surface area contributed by atoms with Crippen molar-refractivity contribution in [2.45, 2.75) is 47.1 Å². The third-order valence-corrected chi connectivity index (χ3v) is 5.24. The Kier molecular flexibility index (Phi) is 5.75. The fourth-order valence-electron chi connectivity index (χ4n) is 4.15. The normalized spacial score (nSPS) is 22.0. The topological polar surface area (TPSA) is 58.1 Å². The molecule has 0 bridgehead atoms. The molecule has 146 valence electrons. The summed E-state index contributed by atoms with van der Waals surface area (Å²) in [5, 5.41) is 3.01. The standard InChI is InChI=1S/C21H29FN4O/c1-12-6-13(2)10-26(9-12)11-14(3)23-21(27)18-7-17(22)8-19-20(18)25-16(5)15(4)24-19/h7-8,12-14H,6,9-11H2,1-5H3,(H,23,27). The molecule has 0 radical (unpaired) electrons. The van der Waals surface area contributed by atoms with Gasteiger partial charge in [-0.2, -0.15) is 0 Å². The van der Waals surface area contributed by atoms with Gasteiger partial charge in [-0.1, -0.05) is 13.8 Å². The summed E-state index contributed by atoms with van der Waals surface area (Å²) in [6.07, 6.45) is 1.25. The largest absolute Gasteiger partial charge is 0.348 e. The lowest BCUT2D eigenvalue weighted by Crippen LogP contribution is -2.47. The van der Waals surface area contributed by atoms with E-state index in [1.165, 1.54) is 18.6 Å². The van der Waals surface area contributed by atoms with Gasteiger partial charge in [0.15, 0.2) is 0 Å². The quantitative estimate of drug-likeness (QED) is 0.893. The Hall–Kier alpha value is -2.08. The third-order valence-electron chi connectivity index (χ3n) is 5.24. The first-order chi connectivity index (χ1) is 12.7. The van der Waals surface area contributed by atoms with Gasteiger partial charge in [0.2, 0.25) is 0 Å². The Balaban J connectivity index is 1.76. The van der Waals surface area contributed by atoms with Gasteiger partial charge >= 0.3 is 0 Å². The molecule has 0 spiro atoms. The van der Waals surface area contributed by atoms with Crippen LogP contribution in [0.4, 0.5) is 4.39 Å². The van der Waals surface area contributed by atoms with Crippen LogP contribution in [0.5, 0.6) is 0 Å². The highest BCUT2D eigenvalue weighted by Gasteiger charge is 2.24. The fourth-order valence-corrected chi connectivity index (χ4v) is 4.15. The lowest BCUT2D eigenvalue weighted by atomic mass is 9.92. The van der Waals surface area contributed by atoms with Crippen LogP contribution in [0.3, 0.4) is 0 Å². The number of likely N-dealkylation sites (tertiary alicyclic amines) is 1. The second-order valence-corrected chi connectivity index (χ2v) is 8.25. The number of hydrogen-bond donors (Lipinski definition) is 1. The van der Waals surface area contributed by atoms with Crippen molar-refractivity contribution in [3.63, 3.8) is 0 Å². The molecule has 2 heterocycles. The summed E-state index contributed by atoms with van der Waals surface area (Å²) in [6.45, 7) is 13.1. The molecule has 1 saturated heterocycles. The zero-order chi connectivity index (χ0) is 19.7. The number of amides is 1. The van der Waals surface area contributed by atoms with Crippen LogP contribution in [0.15, 0.2) is 12.1 Å². The predicted octanol–water partition coefficient (Wildman–Crippen LogP) is 3.48. The summed E-state index contributed by atoms with van der Waals surface area (Å²) in [7, 11) is 0. The summed E-state index contributed by atoms with van der Waals surface area (Å²) in [6, 6.07) is 2.54. The molecule has 3 unspecified atom stereocenters. The highest BCUT2D eigenvalue weighted by Crippen LogP contribution is 2.22. The second kappa shape index (κ2) is 7.89. The number of piperidine rings is 1. The Morgan fingerprint density at radius 3 is 2.52 bits per heavy atom. The van der Waals surface area contributed by atoms with E-state index in [4.69, 9.17) is 0 Å². The maximum atomic E-state index is 14.0. The van der Waals surface area contributed by atoms with Crippen molar-refractivity contribution in [2.75, 3.05) is 19.6 Å². The summed E-state index contributed by atoms with van der Waals surface area (Å²) in [5.41, 5.74) is 2.58. The predicted molar refractivity (Wildman–Crippen MR) is 105 cm³/mol. The average molecular weight is 372 g/mol. The molecule has 1 aliphatic rings.